The van der Waals surface area contributed by atoms with Crippen LogP contribution in [0.1, 0.15) is 28.4 Å². The van der Waals surface area contributed by atoms with Gasteiger partial charge in [-0.25, -0.2) is 0 Å². The molecular formula is C21H26ClN3O2. The van der Waals surface area contributed by atoms with Crippen LogP contribution >= 0.6 is 12.4 Å². The minimum absolute atomic E-state index is 0. The number of fused-ring (bicyclic) bond motifs is 1. The van der Waals surface area contributed by atoms with E-state index in [2.05, 4.69) is 12.1 Å². The summed E-state index contributed by atoms with van der Waals surface area (Å²) in [5, 5.41) is 0. The maximum atomic E-state index is 13.0. The van der Waals surface area contributed by atoms with Crippen LogP contribution in [0.2, 0.25) is 0 Å². The lowest BCUT2D eigenvalue weighted by molar-refractivity contribution is -0.116. The molecule has 2 N–H and O–H groups in total. The Bertz CT molecular complexity index is 795. The summed E-state index contributed by atoms with van der Waals surface area (Å²) in [5.41, 5.74) is 9.56. The first-order valence-corrected chi connectivity index (χ1v) is 9.04. The van der Waals surface area contributed by atoms with Crippen molar-refractivity contribution >= 4 is 29.9 Å². The Morgan fingerprint density at radius 3 is 2.52 bits per heavy atom. The first kappa shape index (κ1) is 20.9. The van der Waals surface area contributed by atoms with Crippen LogP contribution in [0.4, 0.5) is 5.69 Å². The average molecular weight is 388 g/mol. The van der Waals surface area contributed by atoms with Crippen molar-refractivity contribution in [3.8, 4) is 0 Å². The highest BCUT2D eigenvalue weighted by atomic mass is 35.5. The fraction of sp³-hybridized carbons (Fsp3) is 0.333. The third kappa shape index (κ3) is 4.87. The number of hydrogen-bond donors (Lipinski definition) is 1. The number of carbonyl (C=O) groups excluding carboxylic acids is 2. The molecule has 0 aliphatic carbocycles. The summed E-state index contributed by atoms with van der Waals surface area (Å²) in [6.07, 6.45) is 1.59. The topological polar surface area (TPSA) is 66.6 Å². The zero-order valence-electron chi connectivity index (χ0n) is 15.6. The normalized spacial score (nSPS) is 12.3. The van der Waals surface area contributed by atoms with E-state index in [1.54, 1.807) is 11.8 Å². The van der Waals surface area contributed by atoms with E-state index in [9.17, 15) is 9.59 Å². The van der Waals surface area contributed by atoms with Gasteiger partial charge in [-0.15, -0.1) is 12.4 Å². The van der Waals surface area contributed by atoms with Crippen LogP contribution in [0.15, 0.2) is 48.5 Å². The molecule has 0 unspecified atom stereocenters. The van der Waals surface area contributed by atoms with Crippen molar-refractivity contribution in [2.45, 2.75) is 19.8 Å². The first-order valence-electron chi connectivity index (χ1n) is 9.04. The van der Waals surface area contributed by atoms with Gasteiger partial charge in [-0.1, -0.05) is 30.3 Å². The fourth-order valence-corrected chi connectivity index (χ4v) is 3.42. The van der Waals surface area contributed by atoms with Gasteiger partial charge >= 0.3 is 0 Å². The van der Waals surface area contributed by atoms with Gasteiger partial charge < -0.3 is 15.5 Å². The van der Waals surface area contributed by atoms with Crippen molar-refractivity contribution in [2.24, 2.45) is 5.73 Å². The molecule has 6 heteroatoms. The number of benzene rings is 2. The second-order valence-corrected chi connectivity index (χ2v) is 6.58. The summed E-state index contributed by atoms with van der Waals surface area (Å²) in [7, 11) is 0. The van der Waals surface area contributed by atoms with Crippen LogP contribution in [0.5, 0.6) is 0 Å². The molecule has 2 amide bonds. The van der Waals surface area contributed by atoms with E-state index >= 15 is 0 Å². The number of halogens is 1. The number of rotatable bonds is 6. The molecule has 2 aromatic carbocycles. The van der Waals surface area contributed by atoms with Gasteiger partial charge in [-0.05, 0) is 42.2 Å². The van der Waals surface area contributed by atoms with E-state index in [0.29, 0.717) is 31.7 Å². The molecule has 0 bridgehead atoms. The maximum Gasteiger partial charge on any atom is 0.253 e. The number of hydrogen-bond acceptors (Lipinski definition) is 3. The smallest absolute Gasteiger partial charge is 0.253 e. The molecule has 0 atom stereocenters. The van der Waals surface area contributed by atoms with Crippen molar-refractivity contribution in [3.05, 3.63) is 65.2 Å². The maximum absolute atomic E-state index is 13.0. The molecule has 0 aromatic heterocycles. The lowest BCUT2D eigenvalue weighted by Crippen LogP contribution is -2.37. The molecule has 144 valence electrons. The molecule has 1 aliphatic heterocycles. The van der Waals surface area contributed by atoms with Gasteiger partial charge in [-0.2, -0.15) is 0 Å². The van der Waals surface area contributed by atoms with E-state index < -0.39 is 0 Å². The van der Waals surface area contributed by atoms with Gasteiger partial charge in [0, 0.05) is 44.4 Å². The molecule has 1 heterocycles. The Balaban J connectivity index is 0.00000261. The third-order valence-corrected chi connectivity index (χ3v) is 4.80. The molecule has 27 heavy (non-hydrogen) atoms. The summed E-state index contributed by atoms with van der Waals surface area (Å²) in [4.78, 5) is 28.2. The highest BCUT2D eigenvalue weighted by Gasteiger charge is 2.24. The Morgan fingerprint density at radius 2 is 1.85 bits per heavy atom. The van der Waals surface area contributed by atoms with Crippen molar-refractivity contribution in [3.63, 3.8) is 0 Å². The van der Waals surface area contributed by atoms with E-state index in [0.717, 1.165) is 24.1 Å². The number of carbonyl (C=O) groups is 2. The lowest BCUT2D eigenvalue weighted by atomic mass is 10.1. The predicted molar refractivity (Wildman–Crippen MR) is 111 cm³/mol. The van der Waals surface area contributed by atoms with Gasteiger partial charge in [-0.3, -0.25) is 9.59 Å². The second kappa shape index (κ2) is 9.53. The van der Waals surface area contributed by atoms with Gasteiger partial charge in [0.2, 0.25) is 5.91 Å². The molecular weight excluding hydrogens is 362 g/mol. The van der Waals surface area contributed by atoms with Crippen molar-refractivity contribution in [1.29, 1.82) is 0 Å². The molecule has 3 rings (SSSR count). The zero-order chi connectivity index (χ0) is 18.5. The summed E-state index contributed by atoms with van der Waals surface area (Å²) in [6.45, 7) is 3.85. The van der Waals surface area contributed by atoms with Crippen molar-refractivity contribution in [1.82, 2.24) is 4.90 Å². The summed E-state index contributed by atoms with van der Waals surface area (Å²) in [5.74, 6) is 0.0332. The van der Waals surface area contributed by atoms with E-state index in [4.69, 9.17) is 5.73 Å². The lowest BCUT2D eigenvalue weighted by Gasteiger charge is -2.23. The zero-order valence-corrected chi connectivity index (χ0v) is 16.4. The van der Waals surface area contributed by atoms with E-state index in [-0.39, 0.29) is 24.2 Å². The molecule has 0 spiro atoms. The summed E-state index contributed by atoms with van der Waals surface area (Å²) >= 11 is 0. The quantitative estimate of drug-likeness (QED) is 0.828. The summed E-state index contributed by atoms with van der Waals surface area (Å²) in [6, 6.07) is 15.8. The number of amides is 2. The average Bonchev–Trinajstić information content (AvgIpc) is 3.09. The minimum Gasteiger partial charge on any atom is -0.337 e. The van der Waals surface area contributed by atoms with Crippen LogP contribution in [-0.4, -0.2) is 42.9 Å². The van der Waals surface area contributed by atoms with Gasteiger partial charge in [0.1, 0.15) is 0 Å². The molecule has 0 saturated heterocycles. The summed E-state index contributed by atoms with van der Waals surface area (Å²) < 4.78 is 0. The van der Waals surface area contributed by atoms with Crippen LogP contribution < -0.4 is 10.6 Å². The minimum atomic E-state index is -0.00421. The second-order valence-electron chi connectivity index (χ2n) is 6.58. The highest BCUT2D eigenvalue weighted by molar-refractivity contribution is 5.97. The molecule has 1 aliphatic rings. The van der Waals surface area contributed by atoms with Crippen molar-refractivity contribution < 1.29 is 9.59 Å². The number of nitrogens with zero attached hydrogens (tertiary/aromatic N) is 2. The number of anilines is 1. The Morgan fingerprint density at radius 1 is 1.11 bits per heavy atom. The van der Waals surface area contributed by atoms with E-state index in [1.165, 1.54) is 5.56 Å². The van der Waals surface area contributed by atoms with Crippen LogP contribution in [0.25, 0.3) is 0 Å². The first-order chi connectivity index (χ1) is 12.6. The molecule has 0 saturated carbocycles. The number of nitrogens with two attached hydrogens (primary N) is 1. The van der Waals surface area contributed by atoms with Crippen molar-refractivity contribution in [2.75, 3.05) is 31.1 Å². The van der Waals surface area contributed by atoms with Gasteiger partial charge in [0.15, 0.2) is 0 Å². The molecule has 0 radical (unpaired) electrons. The van der Waals surface area contributed by atoms with Gasteiger partial charge in [0.05, 0.1) is 0 Å². The standard InChI is InChI=1S/C21H25N3O2.ClH/c1-16(25)24-13-10-18-15-19(7-8-20(18)24)21(26)23(14-11-22)12-9-17-5-3-2-4-6-17;/h2-8,15H,9-14,22H2,1H3;1H. The van der Waals surface area contributed by atoms with E-state index in [1.807, 2.05) is 41.3 Å². The largest absolute Gasteiger partial charge is 0.337 e. The molecule has 0 fully saturated rings. The Hall–Kier alpha value is -2.37. The van der Waals surface area contributed by atoms with Crippen LogP contribution in [0.3, 0.4) is 0 Å². The SMILES string of the molecule is CC(=O)N1CCc2cc(C(=O)N(CCN)CCc3ccccc3)ccc21.Cl. The monoisotopic (exact) mass is 387 g/mol. The molecule has 2 aromatic rings. The predicted octanol–water partition coefficient (Wildman–Crippen LogP) is 2.66. The molecule has 5 nitrogen and oxygen atoms in total. The highest BCUT2D eigenvalue weighted by Crippen LogP contribution is 2.29. The Kier molecular flexibility index (Phi) is 7.39. The van der Waals surface area contributed by atoms with Gasteiger partial charge in [0.25, 0.3) is 5.91 Å². The van der Waals surface area contributed by atoms with Crippen LogP contribution in [0, 0.1) is 0 Å². The third-order valence-electron chi connectivity index (χ3n) is 4.80. The Labute approximate surface area is 166 Å². The fourth-order valence-electron chi connectivity index (χ4n) is 3.42. The van der Waals surface area contributed by atoms with Crippen LogP contribution in [-0.2, 0) is 17.6 Å².